The summed E-state index contributed by atoms with van der Waals surface area (Å²) in [5, 5.41) is 2.57. The lowest BCUT2D eigenvalue weighted by Crippen LogP contribution is -2.34. The van der Waals surface area contributed by atoms with Gasteiger partial charge in [0.05, 0.1) is 5.38 Å². The first kappa shape index (κ1) is 10.3. The van der Waals surface area contributed by atoms with Crippen molar-refractivity contribution in [2.45, 2.75) is 18.7 Å². The molecule has 1 saturated heterocycles. The van der Waals surface area contributed by atoms with Crippen molar-refractivity contribution in [3.8, 4) is 0 Å². The summed E-state index contributed by atoms with van der Waals surface area (Å²) < 4.78 is 0. The Kier molecular flexibility index (Phi) is 3.54. The Morgan fingerprint density at radius 2 is 2.46 bits per heavy atom. The molecular formula is C8H13ClN2O2. The van der Waals surface area contributed by atoms with E-state index in [1.807, 2.05) is 0 Å². The number of nitrogens with one attached hydrogen (secondary N) is 1. The molecule has 2 amide bonds. The molecule has 1 aliphatic rings. The van der Waals surface area contributed by atoms with Gasteiger partial charge in [0.1, 0.15) is 0 Å². The molecule has 0 spiro atoms. The zero-order valence-corrected chi connectivity index (χ0v) is 8.30. The van der Waals surface area contributed by atoms with Crippen LogP contribution in [0.15, 0.2) is 0 Å². The summed E-state index contributed by atoms with van der Waals surface area (Å²) in [5.74, 6) is -0.000536. The van der Waals surface area contributed by atoms with Crippen molar-refractivity contribution >= 4 is 23.4 Å². The smallest absolute Gasteiger partial charge is 0.224 e. The number of likely N-dealkylation sites (tertiary alicyclic amines) is 1. The average Bonchev–Trinajstić information content (AvgIpc) is 2.29. The fourth-order valence-corrected chi connectivity index (χ4v) is 1.61. The molecule has 1 N–H and O–H groups in total. The lowest BCUT2D eigenvalue weighted by Gasteiger charge is -2.15. The second-order valence-corrected chi connectivity index (χ2v) is 3.74. The van der Waals surface area contributed by atoms with Crippen LogP contribution in [0.25, 0.3) is 0 Å². The molecule has 0 saturated carbocycles. The van der Waals surface area contributed by atoms with E-state index in [1.54, 1.807) is 4.90 Å². The Balaban J connectivity index is 2.22. The molecule has 0 aromatic carbocycles. The van der Waals surface area contributed by atoms with Crippen molar-refractivity contribution in [2.75, 3.05) is 19.6 Å². The van der Waals surface area contributed by atoms with Gasteiger partial charge in [-0.2, -0.15) is 0 Å². The van der Waals surface area contributed by atoms with E-state index >= 15 is 0 Å². The second kappa shape index (κ2) is 4.46. The first-order valence-electron chi connectivity index (χ1n) is 4.26. The van der Waals surface area contributed by atoms with Crippen LogP contribution < -0.4 is 5.32 Å². The van der Waals surface area contributed by atoms with E-state index in [9.17, 15) is 9.59 Å². The van der Waals surface area contributed by atoms with Gasteiger partial charge in [-0.05, 0) is 0 Å². The largest absolute Gasteiger partial charge is 0.355 e. The van der Waals surface area contributed by atoms with Gasteiger partial charge < -0.3 is 10.2 Å². The average molecular weight is 205 g/mol. The monoisotopic (exact) mass is 204 g/mol. The number of halogens is 1. The van der Waals surface area contributed by atoms with E-state index in [1.165, 1.54) is 6.92 Å². The fraction of sp³-hybridized carbons (Fsp3) is 0.750. The Morgan fingerprint density at radius 3 is 2.92 bits per heavy atom. The first-order valence-corrected chi connectivity index (χ1v) is 4.69. The van der Waals surface area contributed by atoms with Gasteiger partial charge in [0.2, 0.25) is 11.8 Å². The third-order valence-corrected chi connectivity index (χ3v) is 2.22. The summed E-state index contributed by atoms with van der Waals surface area (Å²) in [6.07, 6.45) is 0.418. The van der Waals surface area contributed by atoms with Crippen LogP contribution in [0.1, 0.15) is 13.3 Å². The fourth-order valence-electron chi connectivity index (χ4n) is 1.31. The maximum atomic E-state index is 11.2. The molecule has 4 nitrogen and oxygen atoms in total. The molecule has 0 aromatic heterocycles. The van der Waals surface area contributed by atoms with Gasteiger partial charge in [0.25, 0.3) is 0 Å². The highest BCUT2D eigenvalue weighted by atomic mass is 35.5. The van der Waals surface area contributed by atoms with Gasteiger partial charge in [-0.25, -0.2) is 0 Å². The summed E-state index contributed by atoms with van der Waals surface area (Å²) in [6, 6.07) is 0. The Hall–Kier alpha value is -0.770. The number of hydrogen-bond donors (Lipinski definition) is 1. The van der Waals surface area contributed by atoms with Crippen LogP contribution in [-0.4, -0.2) is 41.7 Å². The molecule has 0 aliphatic carbocycles. The Labute approximate surface area is 82.2 Å². The molecule has 74 valence electrons. The van der Waals surface area contributed by atoms with Crippen molar-refractivity contribution in [1.82, 2.24) is 10.2 Å². The van der Waals surface area contributed by atoms with Gasteiger partial charge in [-0.1, -0.05) is 0 Å². The van der Waals surface area contributed by atoms with E-state index in [-0.39, 0.29) is 17.2 Å². The van der Waals surface area contributed by atoms with Gasteiger partial charge in [0.15, 0.2) is 0 Å². The molecule has 0 bridgehead atoms. The number of carbonyl (C=O) groups excluding carboxylic acids is 2. The number of amides is 2. The lowest BCUT2D eigenvalue weighted by molar-refractivity contribution is -0.128. The Bertz CT molecular complexity index is 220. The minimum absolute atomic E-state index is 0.0650. The highest BCUT2D eigenvalue weighted by molar-refractivity contribution is 6.22. The van der Waals surface area contributed by atoms with E-state index < -0.39 is 0 Å². The number of rotatable bonds is 3. The quantitative estimate of drug-likeness (QED) is 0.656. The van der Waals surface area contributed by atoms with Crippen LogP contribution in [-0.2, 0) is 9.59 Å². The summed E-state index contributed by atoms with van der Waals surface area (Å²) >= 11 is 5.79. The molecule has 1 heterocycles. The topological polar surface area (TPSA) is 49.4 Å². The molecule has 1 fully saturated rings. The van der Waals surface area contributed by atoms with E-state index in [0.717, 1.165) is 0 Å². The van der Waals surface area contributed by atoms with Crippen molar-refractivity contribution in [2.24, 2.45) is 0 Å². The van der Waals surface area contributed by atoms with Gasteiger partial charge >= 0.3 is 0 Å². The number of carbonyl (C=O) groups is 2. The highest BCUT2D eigenvalue weighted by Crippen LogP contribution is 2.15. The predicted molar refractivity (Wildman–Crippen MR) is 49.5 cm³/mol. The number of nitrogens with zero attached hydrogens (tertiary/aromatic N) is 1. The molecule has 1 rings (SSSR count). The van der Waals surface area contributed by atoms with Crippen molar-refractivity contribution in [1.29, 1.82) is 0 Å². The molecule has 1 atom stereocenters. The summed E-state index contributed by atoms with van der Waals surface area (Å²) in [7, 11) is 0. The molecule has 5 heteroatoms. The normalized spacial score (nSPS) is 22.2. The maximum absolute atomic E-state index is 11.2. The molecular weight excluding hydrogens is 192 g/mol. The number of hydrogen-bond acceptors (Lipinski definition) is 2. The predicted octanol–water partition coefficient (Wildman–Crippen LogP) is -0.0378. The zero-order chi connectivity index (χ0) is 9.84. The van der Waals surface area contributed by atoms with E-state index in [0.29, 0.717) is 26.1 Å². The van der Waals surface area contributed by atoms with Crippen LogP contribution in [0, 0.1) is 0 Å². The van der Waals surface area contributed by atoms with Crippen molar-refractivity contribution in [3.63, 3.8) is 0 Å². The minimum atomic E-state index is -0.0749. The van der Waals surface area contributed by atoms with Crippen molar-refractivity contribution < 1.29 is 9.59 Å². The van der Waals surface area contributed by atoms with Crippen LogP contribution in [0.2, 0.25) is 0 Å². The third kappa shape index (κ3) is 3.22. The molecule has 0 radical (unpaired) electrons. The molecule has 0 aromatic rings. The zero-order valence-electron chi connectivity index (χ0n) is 7.55. The molecule has 13 heavy (non-hydrogen) atoms. The maximum Gasteiger partial charge on any atom is 0.224 e. The SMILES string of the molecule is CC(=O)NCCN1CC(Cl)CC1=O. The van der Waals surface area contributed by atoms with Gasteiger partial charge in [-0.15, -0.1) is 11.6 Å². The highest BCUT2D eigenvalue weighted by Gasteiger charge is 2.27. The standard InChI is InChI=1S/C8H13ClN2O2/c1-6(12)10-2-3-11-5-7(9)4-8(11)13/h7H,2-5H2,1H3,(H,10,12). The van der Waals surface area contributed by atoms with Crippen LogP contribution in [0.3, 0.4) is 0 Å². The summed E-state index contributed by atoms with van der Waals surface area (Å²) in [4.78, 5) is 23.4. The second-order valence-electron chi connectivity index (χ2n) is 3.12. The summed E-state index contributed by atoms with van der Waals surface area (Å²) in [5.41, 5.74) is 0. The van der Waals surface area contributed by atoms with E-state index in [2.05, 4.69) is 5.32 Å². The van der Waals surface area contributed by atoms with Crippen LogP contribution in [0.4, 0.5) is 0 Å². The third-order valence-electron chi connectivity index (χ3n) is 1.92. The summed E-state index contributed by atoms with van der Waals surface area (Å²) in [6.45, 7) is 3.11. The molecule has 1 unspecified atom stereocenters. The van der Waals surface area contributed by atoms with Crippen LogP contribution in [0.5, 0.6) is 0 Å². The lowest BCUT2D eigenvalue weighted by atomic mass is 10.4. The first-order chi connectivity index (χ1) is 6.09. The van der Waals surface area contributed by atoms with Gasteiger partial charge in [0, 0.05) is 33.0 Å². The van der Waals surface area contributed by atoms with Gasteiger partial charge in [-0.3, -0.25) is 9.59 Å². The Morgan fingerprint density at radius 1 is 1.77 bits per heavy atom. The van der Waals surface area contributed by atoms with Crippen LogP contribution >= 0.6 is 11.6 Å². The van der Waals surface area contributed by atoms with E-state index in [4.69, 9.17) is 11.6 Å². The van der Waals surface area contributed by atoms with Crippen molar-refractivity contribution in [3.05, 3.63) is 0 Å². The molecule has 1 aliphatic heterocycles. The minimum Gasteiger partial charge on any atom is -0.355 e. The number of alkyl halides is 1.